The van der Waals surface area contributed by atoms with Crippen molar-refractivity contribution in [3.63, 3.8) is 0 Å². The van der Waals surface area contributed by atoms with Crippen LogP contribution in [0.1, 0.15) is 21.6 Å². The zero-order valence-corrected chi connectivity index (χ0v) is 11.2. The largest absolute Gasteiger partial charge is 0.346 e. The summed E-state index contributed by atoms with van der Waals surface area (Å²) in [6, 6.07) is 6.21. The molecule has 7 nitrogen and oxygen atoms in total. The molecule has 1 heterocycles. The maximum Gasteiger partial charge on any atom is 0.273 e. The van der Waals surface area contributed by atoms with Crippen LogP contribution >= 0.6 is 0 Å². The third-order valence-electron chi connectivity index (χ3n) is 3.02. The van der Waals surface area contributed by atoms with Crippen molar-refractivity contribution in [2.24, 2.45) is 7.05 Å². The third-order valence-corrected chi connectivity index (χ3v) is 3.02. The lowest BCUT2D eigenvalue weighted by Gasteiger charge is -2.06. The zero-order valence-electron chi connectivity index (χ0n) is 11.2. The number of aromatic nitrogens is 2. The van der Waals surface area contributed by atoms with Crippen LogP contribution in [0.25, 0.3) is 0 Å². The van der Waals surface area contributed by atoms with Crippen molar-refractivity contribution in [2.45, 2.75) is 13.5 Å². The second-order valence-corrected chi connectivity index (χ2v) is 4.39. The number of rotatable bonds is 4. The zero-order chi connectivity index (χ0) is 14.7. The van der Waals surface area contributed by atoms with Crippen LogP contribution in [0.15, 0.2) is 30.5 Å². The van der Waals surface area contributed by atoms with E-state index in [1.165, 1.54) is 6.07 Å². The molecule has 2 rings (SSSR count). The van der Waals surface area contributed by atoms with Gasteiger partial charge in [-0.05, 0) is 19.1 Å². The van der Waals surface area contributed by atoms with Crippen LogP contribution in [0, 0.1) is 17.0 Å². The number of hydrogen-bond donors (Lipinski definition) is 1. The predicted molar refractivity (Wildman–Crippen MR) is 72.2 cm³/mol. The van der Waals surface area contributed by atoms with Crippen LogP contribution in [0.4, 0.5) is 5.69 Å². The molecule has 0 radical (unpaired) electrons. The van der Waals surface area contributed by atoms with Crippen LogP contribution in [0.3, 0.4) is 0 Å². The van der Waals surface area contributed by atoms with E-state index in [9.17, 15) is 14.9 Å². The standard InChI is InChI=1S/C13H14N4O3/c1-9-3-4-10(7-12(9)17(19)20)13(18)14-8-11-5-6-15-16(11)2/h3-7H,8H2,1-2H3,(H,14,18). The van der Waals surface area contributed by atoms with Gasteiger partial charge >= 0.3 is 0 Å². The van der Waals surface area contributed by atoms with Crippen molar-refractivity contribution in [1.29, 1.82) is 0 Å². The van der Waals surface area contributed by atoms with Crippen LogP contribution in [-0.4, -0.2) is 20.6 Å². The van der Waals surface area contributed by atoms with Gasteiger partial charge in [0.05, 0.1) is 17.2 Å². The average molecular weight is 274 g/mol. The van der Waals surface area contributed by atoms with Gasteiger partial charge in [-0.3, -0.25) is 19.6 Å². The molecule has 0 aliphatic rings. The van der Waals surface area contributed by atoms with Gasteiger partial charge in [-0.25, -0.2) is 0 Å². The molecule has 1 amide bonds. The van der Waals surface area contributed by atoms with Gasteiger partial charge in [0.1, 0.15) is 0 Å². The van der Waals surface area contributed by atoms with Gasteiger partial charge in [0, 0.05) is 30.4 Å². The lowest BCUT2D eigenvalue weighted by Crippen LogP contribution is -2.24. The Hall–Kier alpha value is -2.70. The molecule has 0 fully saturated rings. The van der Waals surface area contributed by atoms with Crippen molar-refractivity contribution < 1.29 is 9.72 Å². The van der Waals surface area contributed by atoms with E-state index in [0.717, 1.165) is 5.69 Å². The quantitative estimate of drug-likeness (QED) is 0.676. The van der Waals surface area contributed by atoms with E-state index in [2.05, 4.69) is 10.4 Å². The highest BCUT2D eigenvalue weighted by Crippen LogP contribution is 2.19. The van der Waals surface area contributed by atoms with Crippen LogP contribution < -0.4 is 5.32 Å². The summed E-state index contributed by atoms with van der Waals surface area (Å²) in [5, 5.41) is 17.5. The van der Waals surface area contributed by atoms with Crippen LogP contribution in [0.5, 0.6) is 0 Å². The Labute approximate surface area is 115 Å². The number of hydrogen-bond acceptors (Lipinski definition) is 4. The second kappa shape index (κ2) is 5.52. The number of carbonyl (C=O) groups is 1. The number of benzene rings is 1. The number of nitro groups is 1. The van der Waals surface area contributed by atoms with Gasteiger partial charge in [-0.15, -0.1) is 0 Å². The molecule has 20 heavy (non-hydrogen) atoms. The lowest BCUT2D eigenvalue weighted by atomic mass is 10.1. The van der Waals surface area contributed by atoms with Gasteiger partial charge in [-0.1, -0.05) is 6.07 Å². The van der Waals surface area contributed by atoms with Gasteiger partial charge in [0.15, 0.2) is 0 Å². The molecule has 0 unspecified atom stereocenters. The molecule has 0 atom stereocenters. The monoisotopic (exact) mass is 274 g/mol. The first-order valence-electron chi connectivity index (χ1n) is 5.99. The Kier molecular flexibility index (Phi) is 3.79. The van der Waals surface area contributed by atoms with E-state index in [1.54, 1.807) is 43.0 Å². The van der Waals surface area contributed by atoms with E-state index in [1.807, 2.05) is 0 Å². The minimum atomic E-state index is -0.493. The summed E-state index contributed by atoms with van der Waals surface area (Å²) < 4.78 is 1.65. The molecule has 1 aromatic heterocycles. The summed E-state index contributed by atoms with van der Waals surface area (Å²) in [5.74, 6) is -0.352. The lowest BCUT2D eigenvalue weighted by molar-refractivity contribution is -0.385. The van der Waals surface area contributed by atoms with Crippen molar-refractivity contribution in [3.8, 4) is 0 Å². The predicted octanol–water partition coefficient (Wildman–Crippen LogP) is 1.57. The van der Waals surface area contributed by atoms with Gasteiger partial charge < -0.3 is 5.32 Å². The van der Waals surface area contributed by atoms with Crippen molar-refractivity contribution in [3.05, 3.63) is 57.4 Å². The highest BCUT2D eigenvalue weighted by Gasteiger charge is 2.15. The molecule has 0 bridgehead atoms. The first-order valence-corrected chi connectivity index (χ1v) is 5.99. The normalized spacial score (nSPS) is 10.3. The smallest absolute Gasteiger partial charge is 0.273 e. The summed E-state index contributed by atoms with van der Waals surface area (Å²) in [6.07, 6.45) is 1.64. The molecule has 2 aromatic rings. The SMILES string of the molecule is Cc1ccc(C(=O)NCc2ccnn2C)cc1[N+](=O)[O-]. The maximum atomic E-state index is 12.0. The number of nitro benzene ring substituents is 1. The summed E-state index contributed by atoms with van der Waals surface area (Å²) >= 11 is 0. The molecule has 0 aliphatic heterocycles. The molecular formula is C13H14N4O3. The van der Waals surface area contributed by atoms with Gasteiger partial charge in [0.2, 0.25) is 0 Å². The Morgan fingerprint density at radius 1 is 1.45 bits per heavy atom. The Morgan fingerprint density at radius 2 is 2.20 bits per heavy atom. The molecule has 0 saturated heterocycles. The molecule has 104 valence electrons. The molecule has 1 aromatic carbocycles. The summed E-state index contributed by atoms with van der Waals surface area (Å²) in [5.41, 5.74) is 1.58. The highest BCUT2D eigenvalue weighted by molar-refractivity contribution is 5.94. The summed E-state index contributed by atoms with van der Waals surface area (Å²) in [7, 11) is 1.78. The van der Waals surface area contributed by atoms with E-state index < -0.39 is 4.92 Å². The average Bonchev–Trinajstić information content (AvgIpc) is 2.81. The fourth-order valence-electron chi connectivity index (χ4n) is 1.79. The van der Waals surface area contributed by atoms with Crippen molar-refractivity contribution in [2.75, 3.05) is 0 Å². The van der Waals surface area contributed by atoms with E-state index in [0.29, 0.717) is 12.1 Å². The Bertz CT molecular complexity index is 663. The molecule has 0 saturated carbocycles. The fraction of sp³-hybridized carbons (Fsp3) is 0.231. The van der Waals surface area contributed by atoms with E-state index in [-0.39, 0.29) is 17.2 Å². The first kappa shape index (κ1) is 13.7. The third kappa shape index (κ3) is 2.82. The molecular weight excluding hydrogens is 260 g/mol. The van der Waals surface area contributed by atoms with E-state index >= 15 is 0 Å². The molecule has 7 heteroatoms. The summed E-state index contributed by atoms with van der Waals surface area (Å²) in [6.45, 7) is 1.95. The number of aryl methyl sites for hydroxylation is 2. The Morgan fingerprint density at radius 3 is 2.80 bits per heavy atom. The molecule has 0 aliphatic carbocycles. The fourth-order valence-corrected chi connectivity index (χ4v) is 1.79. The molecule has 1 N–H and O–H groups in total. The topological polar surface area (TPSA) is 90.1 Å². The van der Waals surface area contributed by atoms with E-state index in [4.69, 9.17) is 0 Å². The minimum Gasteiger partial charge on any atom is -0.346 e. The van der Waals surface area contributed by atoms with Crippen LogP contribution in [-0.2, 0) is 13.6 Å². The number of amides is 1. The summed E-state index contributed by atoms with van der Waals surface area (Å²) in [4.78, 5) is 22.3. The van der Waals surface area contributed by atoms with Gasteiger partial charge in [-0.2, -0.15) is 5.10 Å². The number of nitrogens with one attached hydrogen (secondary N) is 1. The Balaban J connectivity index is 2.12. The van der Waals surface area contributed by atoms with Gasteiger partial charge in [0.25, 0.3) is 11.6 Å². The van der Waals surface area contributed by atoms with Crippen molar-refractivity contribution in [1.82, 2.24) is 15.1 Å². The highest BCUT2D eigenvalue weighted by atomic mass is 16.6. The first-order chi connectivity index (χ1) is 9.49. The molecule has 0 spiro atoms. The maximum absolute atomic E-state index is 12.0. The van der Waals surface area contributed by atoms with Crippen molar-refractivity contribution >= 4 is 11.6 Å². The second-order valence-electron chi connectivity index (χ2n) is 4.39. The van der Waals surface area contributed by atoms with Crippen LogP contribution in [0.2, 0.25) is 0 Å². The number of carbonyl (C=O) groups excluding carboxylic acids is 1. The minimum absolute atomic E-state index is 0.0572. The number of nitrogens with zero attached hydrogens (tertiary/aromatic N) is 3.